The first-order valence-corrected chi connectivity index (χ1v) is 6.37. The molecule has 0 bridgehead atoms. The van der Waals surface area contributed by atoms with Crippen LogP contribution < -0.4 is 0 Å². The van der Waals surface area contributed by atoms with Gasteiger partial charge in [0, 0.05) is 32.2 Å². The molecule has 0 aliphatic heterocycles. The molecule has 16 heavy (non-hydrogen) atoms. The Morgan fingerprint density at radius 1 is 1.56 bits per heavy atom. The Hall–Kier alpha value is -0.610. The van der Waals surface area contributed by atoms with E-state index < -0.39 is 0 Å². The van der Waals surface area contributed by atoms with Gasteiger partial charge in [0.05, 0.1) is 0 Å². The SMILES string of the molecule is CCc1c[nH]c(=S)n1CC1(CCOC)CC1. The second kappa shape index (κ2) is 4.72. The van der Waals surface area contributed by atoms with Gasteiger partial charge in [0.25, 0.3) is 0 Å². The lowest BCUT2D eigenvalue weighted by molar-refractivity contribution is 0.166. The summed E-state index contributed by atoms with van der Waals surface area (Å²) in [7, 11) is 1.77. The Kier molecular flexibility index (Phi) is 3.50. The van der Waals surface area contributed by atoms with E-state index in [9.17, 15) is 0 Å². The van der Waals surface area contributed by atoms with E-state index in [-0.39, 0.29) is 0 Å². The molecule has 0 saturated heterocycles. The lowest BCUT2D eigenvalue weighted by atomic mass is 10.0. The summed E-state index contributed by atoms with van der Waals surface area (Å²) in [5.41, 5.74) is 1.77. The number of aromatic amines is 1. The Bertz CT molecular complexity index is 403. The van der Waals surface area contributed by atoms with Gasteiger partial charge in [-0.25, -0.2) is 0 Å². The number of imidazole rings is 1. The topological polar surface area (TPSA) is 29.9 Å². The van der Waals surface area contributed by atoms with Crippen molar-refractivity contribution in [2.24, 2.45) is 5.41 Å². The van der Waals surface area contributed by atoms with E-state index >= 15 is 0 Å². The van der Waals surface area contributed by atoms with Crippen LogP contribution in [-0.2, 0) is 17.7 Å². The predicted octanol–water partition coefficient (Wildman–Crippen LogP) is 2.92. The molecule has 2 rings (SSSR count). The third-order valence-electron chi connectivity index (χ3n) is 3.60. The molecule has 1 N–H and O–H groups in total. The van der Waals surface area contributed by atoms with Gasteiger partial charge in [0.1, 0.15) is 0 Å². The van der Waals surface area contributed by atoms with Gasteiger partial charge >= 0.3 is 0 Å². The van der Waals surface area contributed by atoms with E-state index in [1.165, 1.54) is 18.5 Å². The Labute approximate surface area is 102 Å². The molecule has 1 aliphatic carbocycles. The summed E-state index contributed by atoms with van der Waals surface area (Å²) in [6.07, 6.45) is 6.85. The van der Waals surface area contributed by atoms with Gasteiger partial charge in [-0.15, -0.1) is 0 Å². The first-order valence-electron chi connectivity index (χ1n) is 5.97. The van der Waals surface area contributed by atoms with Crippen molar-refractivity contribution in [3.05, 3.63) is 16.7 Å². The van der Waals surface area contributed by atoms with Gasteiger partial charge in [-0.05, 0) is 43.3 Å². The van der Waals surface area contributed by atoms with Crippen LogP contribution in [0.2, 0.25) is 0 Å². The molecule has 1 fully saturated rings. The van der Waals surface area contributed by atoms with Crippen LogP contribution in [0, 0.1) is 10.2 Å². The lowest BCUT2D eigenvalue weighted by Crippen LogP contribution is -2.15. The van der Waals surface area contributed by atoms with Crippen LogP contribution in [0.15, 0.2) is 6.20 Å². The van der Waals surface area contributed by atoms with Crippen LogP contribution in [0.1, 0.15) is 31.9 Å². The van der Waals surface area contributed by atoms with E-state index in [0.717, 1.165) is 30.8 Å². The standard InChI is InChI=1S/C12H20N2OS/c1-3-10-8-13-11(16)14(10)9-12(4-5-12)6-7-15-2/h8H,3-7,9H2,1-2H3,(H,13,16). The summed E-state index contributed by atoms with van der Waals surface area (Å²) >= 11 is 5.32. The van der Waals surface area contributed by atoms with Crippen LogP contribution in [0.4, 0.5) is 0 Å². The highest BCUT2D eigenvalue weighted by Crippen LogP contribution is 2.50. The fourth-order valence-corrected chi connectivity index (χ4v) is 2.46. The minimum absolute atomic E-state index is 0.459. The third-order valence-corrected chi connectivity index (χ3v) is 3.94. The highest BCUT2D eigenvalue weighted by atomic mass is 32.1. The van der Waals surface area contributed by atoms with Crippen molar-refractivity contribution in [2.45, 2.75) is 39.2 Å². The number of hydrogen-bond acceptors (Lipinski definition) is 2. The number of H-pyrrole nitrogens is 1. The maximum Gasteiger partial charge on any atom is 0.177 e. The predicted molar refractivity (Wildman–Crippen MR) is 67.2 cm³/mol. The van der Waals surface area contributed by atoms with Crippen LogP contribution in [-0.4, -0.2) is 23.3 Å². The minimum atomic E-state index is 0.459. The van der Waals surface area contributed by atoms with Gasteiger partial charge in [0.2, 0.25) is 0 Å². The van der Waals surface area contributed by atoms with Crippen LogP contribution in [0.3, 0.4) is 0 Å². The normalized spacial score (nSPS) is 17.6. The summed E-state index contributed by atoms with van der Waals surface area (Å²) in [4.78, 5) is 3.14. The highest BCUT2D eigenvalue weighted by molar-refractivity contribution is 7.71. The minimum Gasteiger partial charge on any atom is -0.385 e. The first-order chi connectivity index (χ1) is 7.71. The molecule has 1 saturated carbocycles. The Morgan fingerprint density at radius 2 is 2.31 bits per heavy atom. The number of methoxy groups -OCH3 is 1. The zero-order valence-electron chi connectivity index (χ0n) is 10.1. The molecular formula is C12H20N2OS. The van der Waals surface area contributed by atoms with Gasteiger partial charge in [-0.2, -0.15) is 0 Å². The summed E-state index contributed by atoms with van der Waals surface area (Å²) in [6, 6.07) is 0. The second-order valence-electron chi connectivity index (χ2n) is 4.77. The Morgan fingerprint density at radius 3 is 2.88 bits per heavy atom. The number of rotatable bonds is 6. The molecule has 90 valence electrons. The van der Waals surface area contributed by atoms with Crippen molar-refractivity contribution in [3.63, 3.8) is 0 Å². The van der Waals surface area contributed by atoms with Crippen molar-refractivity contribution in [1.29, 1.82) is 0 Å². The molecule has 1 aromatic heterocycles. The maximum atomic E-state index is 5.32. The zero-order chi connectivity index (χ0) is 11.6. The lowest BCUT2D eigenvalue weighted by Gasteiger charge is -2.17. The Balaban J connectivity index is 2.08. The quantitative estimate of drug-likeness (QED) is 0.775. The fraction of sp³-hybridized carbons (Fsp3) is 0.750. The third kappa shape index (κ3) is 2.38. The average molecular weight is 240 g/mol. The first kappa shape index (κ1) is 11.9. The van der Waals surface area contributed by atoms with E-state index in [4.69, 9.17) is 17.0 Å². The molecule has 1 aromatic rings. The van der Waals surface area contributed by atoms with Gasteiger partial charge in [-0.1, -0.05) is 6.92 Å². The average Bonchev–Trinajstić information content (AvgIpc) is 2.97. The molecular weight excluding hydrogens is 220 g/mol. The zero-order valence-corrected chi connectivity index (χ0v) is 10.9. The van der Waals surface area contributed by atoms with E-state index in [2.05, 4.69) is 16.5 Å². The second-order valence-corrected chi connectivity index (χ2v) is 5.15. The van der Waals surface area contributed by atoms with Crippen molar-refractivity contribution in [2.75, 3.05) is 13.7 Å². The summed E-state index contributed by atoms with van der Waals surface area (Å²) in [5.74, 6) is 0. The molecule has 0 unspecified atom stereocenters. The molecule has 1 aliphatic rings. The number of nitrogens with zero attached hydrogens (tertiary/aromatic N) is 1. The summed E-state index contributed by atoms with van der Waals surface area (Å²) in [5, 5.41) is 0. The molecule has 0 radical (unpaired) electrons. The number of aromatic nitrogens is 2. The number of ether oxygens (including phenoxy) is 1. The summed E-state index contributed by atoms with van der Waals surface area (Å²) in [6.45, 7) is 4.09. The molecule has 3 nitrogen and oxygen atoms in total. The highest BCUT2D eigenvalue weighted by Gasteiger charge is 2.42. The molecule has 1 heterocycles. The van der Waals surface area contributed by atoms with Crippen LogP contribution >= 0.6 is 12.2 Å². The van der Waals surface area contributed by atoms with Crippen molar-refractivity contribution in [1.82, 2.24) is 9.55 Å². The number of aryl methyl sites for hydroxylation is 1. The van der Waals surface area contributed by atoms with Gasteiger partial charge in [0.15, 0.2) is 4.77 Å². The maximum absolute atomic E-state index is 5.32. The van der Waals surface area contributed by atoms with E-state index in [0.29, 0.717) is 5.41 Å². The molecule has 0 aromatic carbocycles. The van der Waals surface area contributed by atoms with Crippen LogP contribution in [0.5, 0.6) is 0 Å². The number of nitrogens with one attached hydrogen (secondary N) is 1. The van der Waals surface area contributed by atoms with E-state index in [1.54, 1.807) is 7.11 Å². The summed E-state index contributed by atoms with van der Waals surface area (Å²) < 4.78 is 8.30. The van der Waals surface area contributed by atoms with E-state index in [1.807, 2.05) is 6.20 Å². The van der Waals surface area contributed by atoms with Crippen molar-refractivity contribution >= 4 is 12.2 Å². The van der Waals surface area contributed by atoms with Gasteiger partial charge < -0.3 is 14.3 Å². The van der Waals surface area contributed by atoms with Gasteiger partial charge in [-0.3, -0.25) is 0 Å². The monoisotopic (exact) mass is 240 g/mol. The van der Waals surface area contributed by atoms with Crippen molar-refractivity contribution < 1.29 is 4.74 Å². The number of hydrogen-bond donors (Lipinski definition) is 1. The smallest absolute Gasteiger partial charge is 0.177 e. The molecule has 0 spiro atoms. The molecule has 0 atom stereocenters. The van der Waals surface area contributed by atoms with Crippen LogP contribution in [0.25, 0.3) is 0 Å². The fourth-order valence-electron chi connectivity index (χ4n) is 2.22. The van der Waals surface area contributed by atoms with Crippen molar-refractivity contribution in [3.8, 4) is 0 Å². The molecule has 4 heteroatoms. The largest absolute Gasteiger partial charge is 0.385 e. The molecule has 0 amide bonds.